The maximum Gasteiger partial charge on any atom is 0.274 e. The molecule has 0 aliphatic heterocycles. The van der Waals surface area contributed by atoms with Crippen molar-refractivity contribution in [3.05, 3.63) is 64.3 Å². The molecule has 0 radical (unpaired) electrons. The smallest absolute Gasteiger partial charge is 0.274 e. The van der Waals surface area contributed by atoms with E-state index < -0.39 is 0 Å². The number of hydrogen-bond acceptors (Lipinski definition) is 4. The van der Waals surface area contributed by atoms with Gasteiger partial charge in [-0.2, -0.15) is 5.10 Å². The highest BCUT2D eigenvalue weighted by Gasteiger charge is 2.11. The molecule has 1 N–H and O–H groups in total. The zero-order valence-electron chi connectivity index (χ0n) is 11.5. The van der Waals surface area contributed by atoms with Crippen LogP contribution in [0, 0.1) is 10.1 Å². The quantitative estimate of drug-likeness (QED) is 0.589. The minimum atomic E-state index is -0.360. The minimum absolute atomic E-state index is 0.132. The Bertz CT molecular complexity index is 810. The summed E-state index contributed by atoms with van der Waals surface area (Å²) in [5.41, 5.74) is 2.75. The Morgan fingerprint density at radius 2 is 2.10 bits per heavy atom. The van der Waals surface area contributed by atoms with Crippen LogP contribution in [0.5, 0.6) is 0 Å². The maximum absolute atomic E-state index is 11.0. The van der Waals surface area contributed by atoms with Crippen LogP contribution in [0.4, 0.5) is 11.4 Å². The molecule has 6 heteroatoms. The lowest BCUT2D eigenvalue weighted by Gasteiger charge is -2.07. The van der Waals surface area contributed by atoms with Crippen LogP contribution < -0.4 is 5.32 Å². The van der Waals surface area contributed by atoms with Crippen LogP contribution >= 0.6 is 0 Å². The van der Waals surface area contributed by atoms with E-state index in [9.17, 15) is 10.1 Å². The van der Waals surface area contributed by atoms with E-state index in [0.29, 0.717) is 12.1 Å². The van der Waals surface area contributed by atoms with Gasteiger partial charge in [-0.25, -0.2) is 0 Å². The normalized spacial score (nSPS) is 10.7. The van der Waals surface area contributed by atoms with Gasteiger partial charge in [0.05, 0.1) is 16.6 Å². The van der Waals surface area contributed by atoms with Gasteiger partial charge in [0.25, 0.3) is 5.69 Å². The summed E-state index contributed by atoms with van der Waals surface area (Å²) in [4.78, 5) is 10.6. The molecule has 0 aliphatic rings. The van der Waals surface area contributed by atoms with E-state index in [2.05, 4.69) is 10.4 Å². The maximum atomic E-state index is 11.0. The topological polar surface area (TPSA) is 73.0 Å². The lowest BCUT2D eigenvalue weighted by molar-refractivity contribution is -0.385. The number of nitro benzene ring substituents is 1. The van der Waals surface area contributed by atoms with Crippen molar-refractivity contribution in [1.82, 2.24) is 9.78 Å². The van der Waals surface area contributed by atoms with E-state index in [1.165, 1.54) is 6.07 Å². The Balaban J connectivity index is 1.82. The van der Waals surface area contributed by atoms with Crippen molar-refractivity contribution in [3.8, 4) is 0 Å². The molecule has 3 rings (SSSR count). The van der Waals surface area contributed by atoms with Gasteiger partial charge in [-0.05, 0) is 18.2 Å². The Kier molecular flexibility index (Phi) is 3.27. The van der Waals surface area contributed by atoms with Gasteiger partial charge in [-0.15, -0.1) is 0 Å². The predicted octanol–water partition coefficient (Wildman–Crippen LogP) is 3.09. The molecule has 0 amide bonds. The number of fused-ring (bicyclic) bond motifs is 1. The average molecular weight is 282 g/mol. The molecule has 3 aromatic rings. The summed E-state index contributed by atoms with van der Waals surface area (Å²) < 4.78 is 1.81. The van der Waals surface area contributed by atoms with Crippen molar-refractivity contribution >= 4 is 22.3 Å². The summed E-state index contributed by atoms with van der Waals surface area (Å²) in [6.45, 7) is 0.406. The summed E-state index contributed by atoms with van der Waals surface area (Å²) in [7, 11) is 1.89. The highest BCUT2D eigenvalue weighted by atomic mass is 16.6. The number of aromatic nitrogens is 2. The number of rotatable bonds is 4. The van der Waals surface area contributed by atoms with E-state index in [1.54, 1.807) is 29.1 Å². The highest BCUT2D eigenvalue weighted by molar-refractivity contribution is 5.82. The van der Waals surface area contributed by atoms with Crippen LogP contribution in [-0.4, -0.2) is 14.7 Å². The van der Waals surface area contributed by atoms with E-state index in [-0.39, 0.29) is 10.6 Å². The first-order chi connectivity index (χ1) is 10.1. The number of hydrogen-bond donors (Lipinski definition) is 1. The number of benzene rings is 2. The number of aryl methyl sites for hydroxylation is 1. The predicted molar refractivity (Wildman–Crippen MR) is 81.1 cm³/mol. The van der Waals surface area contributed by atoms with E-state index >= 15 is 0 Å². The van der Waals surface area contributed by atoms with Gasteiger partial charge in [0.15, 0.2) is 0 Å². The second-order valence-corrected chi connectivity index (χ2v) is 4.78. The molecule has 0 aliphatic carbocycles. The molecule has 0 saturated heterocycles. The summed E-state index contributed by atoms with van der Waals surface area (Å²) in [5, 5.41) is 19.4. The van der Waals surface area contributed by atoms with Gasteiger partial charge in [0, 0.05) is 36.3 Å². The molecule has 6 nitrogen and oxygen atoms in total. The SMILES string of the molecule is Cn1ncc2cc(NCc3ccccc3[N+](=O)[O-])ccc21. The minimum Gasteiger partial charge on any atom is -0.381 e. The third-order valence-electron chi connectivity index (χ3n) is 3.42. The summed E-state index contributed by atoms with van der Waals surface area (Å²) in [6.07, 6.45) is 1.80. The molecule has 0 bridgehead atoms. The van der Waals surface area contributed by atoms with Crippen molar-refractivity contribution in [1.29, 1.82) is 0 Å². The standard InChI is InChI=1S/C15H14N4O2/c1-18-14-7-6-13(8-12(14)10-17-18)16-9-11-4-2-3-5-15(11)19(20)21/h2-8,10,16H,9H2,1H3. The van der Waals surface area contributed by atoms with E-state index in [4.69, 9.17) is 0 Å². The fourth-order valence-electron chi connectivity index (χ4n) is 2.31. The van der Waals surface area contributed by atoms with Crippen LogP contribution in [0.15, 0.2) is 48.7 Å². The van der Waals surface area contributed by atoms with E-state index in [1.807, 2.05) is 25.2 Å². The fourth-order valence-corrected chi connectivity index (χ4v) is 2.31. The summed E-state index contributed by atoms with van der Waals surface area (Å²) in [5.74, 6) is 0. The first-order valence-electron chi connectivity index (χ1n) is 6.53. The number of para-hydroxylation sites is 1. The highest BCUT2D eigenvalue weighted by Crippen LogP contribution is 2.21. The molecule has 0 unspecified atom stereocenters. The molecule has 0 atom stereocenters. The van der Waals surface area contributed by atoms with Crippen LogP contribution in [0.2, 0.25) is 0 Å². The zero-order chi connectivity index (χ0) is 14.8. The number of nitrogens with one attached hydrogen (secondary N) is 1. The van der Waals surface area contributed by atoms with Gasteiger partial charge < -0.3 is 5.32 Å². The Hall–Kier alpha value is -2.89. The Morgan fingerprint density at radius 1 is 1.29 bits per heavy atom. The zero-order valence-corrected chi connectivity index (χ0v) is 11.5. The van der Waals surface area contributed by atoms with Crippen LogP contribution in [0.25, 0.3) is 10.9 Å². The summed E-state index contributed by atoms with van der Waals surface area (Å²) in [6, 6.07) is 12.6. The second-order valence-electron chi connectivity index (χ2n) is 4.78. The van der Waals surface area contributed by atoms with Gasteiger partial charge >= 0.3 is 0 Å². The van der Waals surface area contributed by atoms with Gasteiger partial charge in [-0.1, -0.05) is 18.2 Å². The first-order valence-corrected chi connectivity index (χ1v) is 6.53. The average Bonchev–Trinajstić information content (AvgIpc) is 2.86. The molecule has 21 heavy (non-hydrogen) atoms. The largest absolute Gasteiger partial charge is 0.381 e. The third-order valence-corrected chi connectivity index (χ3v) is 3.42. The molecule has 1 aromatic heterocycles. The van der Waals surface area contributed by atoms with Gasteiger partial charge in [0.1, 0.15) is 0 Å². The number of nitrogens with zero attached hydrogens (tertiary/aromatic N) is 3. The first kappa shape index (κ1) is 13.1. The van der Waals surface area contributed by atoms with Crippen molar-refractivity contribution in [3.63, 3.8) is 0 Å². The second kappa shape index (κ2) is 5.24. The van der Waals surface area contributed by atoms with E-state index in [0.717, 1.165) is 16.6 Å². The molecule has 106 valence electrons. The van der Waals surface area contributed by atoms with Gasteiger partial charge in [-0.3, -0.25) is 14.8 Å². The Morgan fingerprint density at radius 3 is 2.90 bits per heavy atom. The number of nitro groups is 1. The lowest BCUT2D eigenvalue weighted by atomic mass is 10.1. The Labute approximate surface area is 121 Å². The van der Waals surface area contributed by atoms with Crippen LogP contribution in [0.1, 0.15) is 5.56 Å². The molecule has 1 heterocycles. The van der Waals surface area contributed by atoms with Crippen molar-refractivity contribution in [2.75, 3.05) is 5.32 Å². The van der Waals surface area contributed by atoms with Crippen molar-refractivity contribution in [2.24, 2.45) is 7.05 Å². The molecular weight excluding hydrogens is 268 g/mol. The van der Waals surface area contributed by atoms with Crippen LogP contribution in [0.3, 0.4) is 0 Å². The summed E-state index contributed by atoms with van der Waals surface area (Å²) >= 11 is 0. The number of anilines is 1. The molecule has 2 aromatic carbocycles. The van der Waals surface area contributed by atoms with Crippen molar-refractivity contribution in [2.45, 2.75) is 6.54 Å². The molecule has 0 saturated carbocycles. The molecule has 0 fully saturated rings. The third kappa shape index (κ3) is 2.55. The van der Waals surface area contributed by atoms with Crippen molar-refractivity contribution < 1.29 is 4.92 Å². The fraction of sp³-hybridized carbons (Fsp3) is 0.133. The monoisotopic (exact) mass is 282 g/mol. The molecule has 0 spiro atoms. The van der Waals surface area contributed by atoms with Crippen LogP contribution in [-0.2, 0) is 13.6 Å². The molecular formula is C15H14N4O2. The lowest BCUT2D eigenvalue weighted by Crippen LogP contribution is -2.02. The van der Waals surface area contributed by atoms with Gasteiger partial charge in [0.2, 0.25) is 0 Å².